The molecule has 1 N–H and O–H groups in total. The molecular formula is C18H21NO4. The molecule has 0 aliphatic heterocycles. The van der Waals surface area contributed by atoms with Gasteiger partial charge in [-0.05, 0) is 42.8 Å². The Kier molecular flexibility index (Phi) is 5.86. The summed E-state index contributed by atoms with van der Waals surface area (Å²) in [5.74, 6) is 1.41. The molecule has 0 aliphatic rings. The minimum absolute atomic E-state index is 0.290. The number of carbonyl (C=O) groups excluding carboxylic acids is 1. The molecule has 0 atom stereocenters. The van der Waals surface area contributed by atoms with Gasteiger partial charge in [-0.15, -0.1) is 0 Å². The van der Waals surface area contributed by atoms with Crippen molar-refractivity contribution < 1.29 is 19.0 Å². The number of anilines is 1. The molecule has 0 saturated heterocycles. The Bertz CT molecular complexity index is 630. The monoisotopic (exact) mass is 315 g/mol. The van der Waals surface area contributed by atoms with E-state index in [1.165, 1.54) is 14.2 Å². The van der Waals surface area contributed by atoms with E-state index in [-0.39, 0.29) is 5.91 Å². The molecule has 0 radical (unpaired) electrons. The van der Waals surface area contributed by atoms with Crippen molar-refractivity contribution in [3.63, 3.8) is 0 Å². The van der Waals surface area contributed by atoms with Gasteiger partial charge in [0.25, 0.3) is 5.91 Å². The third-order valence-corrected chi connectivity index (χ3v) is 3.24. The SMILES string of the molecule is CCCOc1ccc(NC(=O)c2c(OC)cccc2OC)cc1. The Hall–Kier alpha value is -2.69. The van der Waals surface area contributed by atoms with Gasteiger partial charge in [0, 0.05) is 5.69 Å². The van der Waals surface area contributed by atoms with Crippen molar-refractivity contribution in [3.05, 3.63) is 48.0 Å². The van der Waals surface area contributed by atoms with Crippen molar-refractivity contribution in [1.29, 1.82) is 0 Å². The van der Waals surface area contributed by atoms with Crippen molar-refractivity contribution in [2.75, 3.05) is 26.1 Å². The molecule has 122 valence electrons. The Labute approximate surface area is 136 Å². The highest BCUT2D eigenvalue weighted by molar-refractivity contribution is 6.08. The van der Waals surface area contributed by atoms with Crippen LogP contribution in [0.1, 0.15) is 23.7 Å². The summed E-state index contributed by atoms with van der Waals surface area (Å²) >= 11 is 0. The maximum Gasteiger partial charge on any atom is 0.263 e. The van der Waals surface area contributed by atoms with Crippen LogP contribution >= 0.6 is 0 Å². The van der Waals surface area contributed by atoms with Gasteiger partial charge in [-0.1, -0.05) is 13.0 Å². The minimum atomic E-state index is -0.290. The molecule has 5 heteroatoms. The lowest BCUT2D eigenvalue weighted by Gasteiger charge is -2.13. The van der Waals surface area contributed by atoms with E-state index in [0.717, 1.165) is 12.2 Å². The zero-order chi connectivity index (χ0) is 16.7. The zero-order valence-corrected chi connectivity index (χ0v) is 13.6. The smallest absolute Gasteiger partial charge is 0.263 e. The molecule has 0 aliphatic carbocycles. The number of hydrogen-bond acceptors (Lipinski definition) is 4. The van der Waals surface area contributed by atoms with Crippen LogP contribution in [0.4, 0.5) is 5.69 Å². The average Bonchev–Trinajstić information content (AvgIpc) is 2.60. The maximum atomic E-state index is 12.5. The fraction of sp³-hybridized carbons (Fsp3) is 0.278. The van der Waals surface area contributed by atoms with Crippen molar-refractivity contribution in [1.82, 2.24) is 0 Å². The minimum Gasteiger partial charge on any atom is -0.496 e. The van der Waals surface area contributed by atoms with Crippen LogP contribution < -0.4 is 19.5 Å². The van der Waals surface area contributed by atoms with Crippen LogP contribution in [0.3, 0.4) is 0 Å². The number of ether oxygens (including phenoxy) is 3. The number of rotatable bonds is 7. The lowest BCUT2D eigenvalue weighted by atomic mass is 10.1. The Morgan fingerprint density at radius 1 is 1.00 bits per heavy atom. The summed E-state index contributed by atoms with van der Waals surface area (Å²) in [6, 6.07) is 12.5. The van der Waals surface area contributed by atoms with Crippen LogP contribution in [0, 0.1) is 0 Å². The molecule has 23 heavy (non-hydrogen) atoms. The molecule has 2 aromatic rings. The summed E-state index contributed by atoms with van der Waals surface area (Å²) in [5.41, 5.74) is 1.04. The molecule has 0 aromatic heterocycles. The Morgan fingerprint density at radius 2 is 1.61 bits per heavy atom. The standard InChI is InChI=1S/C18H21NO4/c1-4-12-23-14-10-8-13(9-11-14)19-18(20)17-15(21-2)6-5-7-16(17)22-3/h5-11H,4,12H2,1-3H3,(H,19,20). The summed E-state index contributed by atoms with van der Waals surface area (Å²) in [5, 5.41) is 2.84. The number of hydrogen-bond donors (Lipinski definition) is 1. The molecule has 2 aromatic carbocycles. The first-order chi connectivity index (χ1) is 11.2. The van der Waals surface area contributed by atoms with Crippen LogP contribution in [0.15, 0.2) is 42.5 Å². The van der Waals surface area contributed by atoms with Crippen molar-refractivity contribution in [2.24, 2.45) is 0 Å². The van der Waals surface area contributed by atoms with Crippen LogP contribution in [-0.2, 0) is 0 Å². The Balaban J connectivity index is 2.16. The van der Waals surface area contributed by atoms with Gasteiger partial charge in [-0.2, -0.15) is 0 Å². The van der Waals surface area contributed by atoms with E-state index in [4.69, 9.17) is 14.2 Å². The molecule has 0 fully saturated rings. The zero-order valence-electron chi connectivity index (χ0n) is 13.6. The summed E-state index contributed by atoms with van der Waals surface area (Å²) in [4.78, 5) is 12.5. The van der Waals surface area contributed by atoms with E-state index in [0.29, 0.717) is 29.4 Å². The normalized spacial score (nSPS) is 10.0. The predicted octanol–water partition coefficient (Wildman–Crippen LogP) is 3.74. The lowest BCUT2D eigenvalue weighted by molar-refractivity contribution is 0.102. The van der Waals surface area contributed by atoms with E-state index < -0.39 is 0 Å². The van der Waals surface area contributed by atoms with E-state index in [1.54, 1.807) is 30.3 Å². The van der Waals surface area contributed by atoms with E-state index in [2.05, 4.69) is 12.2 Å². The number of amides is 1. The summed E-state index contributed by atoms with van der Waals surface area (Å²) in [6.45, 7) is 2.72. The largest absolute Gasteiger partial charge is 0.496 e. The molecule has 0 unspecified atom stereocenters. The van der Waals surface area contributed by atoms with Gasteiger partial charge in [-0.25, -0.2) is 0 Å². The van der Waals surface area contributed by atoms with E-state index >= 15 is 0 Å². The molecular weight excluding hydrogens is 294 g/mol. The molecule has 1 amide bonds. The number of carbonyl (C=O) groups is 1. The van der Waals surface area contributed by atoms with Gasteiger partial charge in [0.1, 0.15) is 22.8 Å². The molecule has 0 spiro atoms. The first-order valence-corrected chi connectivity index (χ1v) is 7.44. The highest BCUT2D eigenvalue weighted by Gasteiger charge is 2.18. The van der Waals surface area contributed by atoms with Crippen LogP contribution in [0.2, 0.25) is 0 Å². The van der Waals surface area contributed by atoms with Gasteiger partial charge >= 0.3 is 0 Å². The van der Waals surface area contributed by atoms with Crippen molar-refractivity contribution in [2.45, 2.75) is 13.3 Å². The highest BCUT2D eigenvalue weighted by Crippen LogP contribution is 2.29. The highest BCUT2D eigenvalue weighted by atomic mass is 16.5. The van der Waals surface area contributed by atoms with Gasteiger partial charge in [0.15, 0.2) is 0 Å². The van der Waals surface area contributed by atoms with E-state index in [1.807, 2.05) is 12.1 Å². The summed E-state index contributed by atoms with van der Waals surface area (Å²) in [6.07, 6.45) is 0.950. The second-order valence-corrected chi connectivity index (χ2v) is 4.86. The quantitative estimate of drug-likeness (QED) is 0.845. The third-order valence-electron chi connectivity index (χ3n) is 3.24. The predicted molar refractivity (Wildman–Crippen MR) is 89.7 cm³/mol. The lowest BCUT2D eigenvalue weighted by Crippen LogP contribution is -2.14. The van der Waals surface area contributed by atoms with Gasteiger partial charge in [-0.3, -0.25) is 4.79 Å². The number of methoxy groups -OCH3 is 2. The molecule has 0 saturated carbocycles. The molecule has 2 rings (SSSR count). The fourth-order valence-corrected chi connectivity index (χ4v) is 2.12. The first-order valence-electron chi connectivity index (χ1n) is 7.44. The number of nitrogens with one attached hydrogen (secondary N) is 1. The second-order valence-electron chi connectivity index (χ2n) is 4.86. The summed E-state index contributed by atoms with van der Waals surface area (Å²) in [7, 11) is 3.04. The van der Waals surface area contributed by atoms with E-state index in [9.17, 15) is 4.79 Å². The van der Waals surface area contributed by atoms with Gasteiger partial charge < -0.3 is 19.5 Å². The topological polar surface area (TPSA) is 56.8 Å². The number of benzene rings is 2. The summed E-state index contributed by atoms with van der Waals surface area (Å²) < 4.78 is 16.0. The van der Waals surface area contributed by atoms with Crippen LogP contribution in [-0.4, -0.2) is 26.7 Å². The Morgan fingerprint density at radius 3 is 2.13 bits per heavy atom. The van der Waals surface area contributed by atoms with Gasteiger partial charge in [0.05, 0.1) is 20.8 Å². The van der Waals surface area contributed by atoms with Crippen molar-refractivity contribution >= 4 is 11.6 Å². The van der Waals surface area contributed by atoms with Crippen LogP contribution in [0.25, 0.3) is 0 Å². The van der Waals surface area contributed by atoms with Crippen molar-refractivity contribution in [3.8, 4) is 17.2 Å². The maximum absolute atomic E-state index is 12.5. The van der Waals surface area contributed by atoms with Crippen LogP contribution in [0.5, 0.6) is 17.2 Å². The average molecular weight is 315 g/mol. The first kappa shape index (κ1) is 16.7. The molecule has 0 heterocycles. The third kappa shape index (κ3) is 4.16. The van der Waals surface area contributed by atoms with Gasteiger partial charge in [0.2, 0.25) is 0 Å². The molecule has 5 nitrogen and oxygen atoms in total. The fourth-order valence-electron chi connectivity index (χ4n) is 2.12. The second kappa shape index (κ2) is 8.08. The molecule has 0 bridgehead atoms.